The van der Waals surface area contributed by atoms with Crippen molar-refractivity contribution in [3.8, 4) is 0 Å². The summed E-state index contributed by atoms with van der Waals surface area (Å²) in [6.07, 6.45) is 9.07. The zero-order valence-electron chi connectivity index (χ0n) is 10.7. The average molecular weight is 237 g/mol. The lowest BCUT2D eigenvalue weighted by Crippen LogP contribution is -2.10. The predicted molar refractivity (Wildman–Crippen MR) is 66.7 cm³/mol. The average Bonchev–Trinajstić information content (AvgIpc) is 2.85. The number of nitrogens with two attached hydrogens (primary N) is 1. The number of rotatable bonds is 5. The minimum absolute atomic E-state index is 0.196. The van der Waals surface area contributed by atoms with Crippen LogP contribution in [0.3, 0.4) is 0 Å². The van der Waals surface area contributed by atoms with Crippen molar-refractivity contribution in [2.75, 3.05) is 6.54 Å². The summed E-state index contributed by atoms with van der Waals surface area (Å²) in [5.74, 6) is 2.60. The largest absolute Gasteiger partial charge is 0.339 e. The Bertz CT molecular complexity index is 331. The highest BCUT2D eigenvalue weighted by atomic mass is 16.5. The highest BCUT2D eigenvalue weighted by molar-refractivity contribution is 4.94. The lowest BCUT2D eigenvalue weighted by molar-refractivity contribution is 0.313. The van der Waals surface area contributed by atoms with E-state index >= 15 is 0 Å². The van der Waals surface area contributed by atoms with Crippen molar-refractivity contribution in [1.82, 2.24) is 10.1 Å². The molecule has 0 aromatic carbocycles. The molecule has 4 heteroatoms. The van der Waals surface area contributed by atoms with Crippen LogP contribution in [0, 0.1) is 5.92 Å². The first kappa shape index (κ1) is 12.6. The van der Waals surface area contributed by atoms with Crippen LogP contribution in [0.4, 0.5) is 0 Å². The van der Waals surface area contributed by atoms with Crippen LogP contribution in [-0.2, 0) is 6.42 Å². The molecular formula is C13H23N3O. The first-order valence-corrected chi connectivity index (χ1v) is 6.82. The van der Waals surface area contributed by atoms with Crippen LogP contribution in [-0.4, -0.2) is 16.7 Å². The van der Waals surface area contributed by atoms with E-state index in [4.69, 9.17) is 10.3 Å². The topological polar surface area (TPSA) is 64.9 Å². The molecule has 1 aromatic rings. The van der Waals surface area contributed by atoms with E-state index in [-0.39, 0.29) is 5.92 Å². The van der Waals surface area contributed by atoms with E-state index < -0.39 is 0 Å². The van der Waals surface area contributed by atoms with Gasteiger partial charge in [-0.2, -0.15) is 4.98 Å². The molecule has 17 heavy (non-hydrogen) atoms. The van der Waals surface area contributed by atoms with Crippen LogP contribution in [0.5, 0.6) is 0 Å². The fourth-order valence-electron chi connectivity index (χ4n) is 2.48. The van der Waals surface area contributed by atoms with Gasteiger partial charge in [-0.05, 0) is 12.3 Å². The Morgan fingerprint density at radius 2 is 2.12 bits per heavy atom. The van der Waals surface area contributed by atoms with Gasteiger partial charge >= 0.3 is 0 Å². The maximum Gasteiger partial charge on any atom is 0.226 e. The Kier molecular flexibility index (Phi) is 4.54. The quantitative estimate of drug-likeness (QED) is 0.855. The normalized spacial score (nSPS) is 19.4. The van der Waals surface area contributed by atoms with Crippen molar-refractivity contribution in [2.45, 2.75) is 57.8 Å². The van der Waals surface area contributed by atoms with Gasteiger partial charge in [0.25, 0.3) is 0 Å². The zero-order valence-corrected chi connectivity index (χ0v) is 10.7. The van der Waals surface area contributed by atoms with E-state index in [9.17, 15) is 0 Å². The van der Waals surface area contributed by atoms with E-state index in [0.29, 0.717) is 6.54 Å². The van der Waals surface area contributed by atoms with Gasteiger partial charge in [-0.3, -0.25) is 0 Å². The van der Waals surface area contributed by atoms with Gasteiger partial charge in [0, 0.05) is 18.9 Å². The van der Waals surface area contributed by atoms with Crippen LogP contribution >= 0.6 is 0 Å². The molecule has 2 rings (SSSR count). The van der Waals surface area contributed by atoms with Gasteiger partial charge in [-0.25, -0.2) is 0 Å². The monoisotopic (exact) mass is 237 g/mol. The van der Waals surface area contributed by atoms with Gasteiger partial charge in [0.2, 0.25) is 5.89 Å². The number of nitrogens with zero attached hydrogens (tertiary/aromatic N) is 2. The SMILES string of the molecule is CC(CN)c1noc(CCC2CCCCC2)n1. The van der Waals surface area contributed by atoms with E-state index in [0.717, 1.165) is 24.1 Å². The molecule has 1 heterocycles. The molecule has 0 aliphatic heterocycles. The molecule has 4 nitrogen and oxygen atoms in total. The minimum atomic E-state index is 0.196. The summed E-state index contributed by atoms with van der Waals surface area (Å²) in [5.41, 5.74) is 5.58. The minimum Gasteiger partial charge on any atom is -0.339 e. The Morgan fingerprint density at radius 3 is 2.82 bits per heavy atom. The number of hydrogen-bond acceptors (Lipinski definition) is 4. The predicted octanol–water partition coefficient (Wildman–Crippen LogP) is 2.64. The lowest BCUT2D eigenvalue weighted by Gasteiger charge is -2.20. The molecule has 0 spiro atoms. The molecule has 1 aromatic heterocycles. The summed E-state index contributed by atoms with van der Waals surface area (Å²) < 4.78 is 5.26. The Morgan fingerprint density at radius 1 is 1.35 bits per heavy atom. The summed E-state index contributed by atoms with van der Waals surface area (Å²) in [6.45, 7) is 2.59. The van der Waals surface area contributed by atoms with Gasteiger partial charge in [0.15, 0.2) is 5.82 Å². The highest BCUT2D eigenvalue weighted by Crippen LogP contribution is 2.27. The Balaban J connectivity index is 1.80. The van der Waals surface area contributed by atoms with Gasteiger partial charge in [0.05, 0.1) is 0 Å². The van der Waals surface area contributed by atoms with Crippen molar-refractivity contribution < 1.29 is 4.52 Å². The van der Waals surface area contributed by atoms with E-state index in [1.807, 2.05) is 6.92 Å². The first-order chi connectivity index (χ1) is 8.29. The van der Waals surface area contributed by atoms with Crippen molar-refractivity contribution in [3.63, 3.8) is 0 Å². The van der Waals surface area contributed by atoms with Crippen molar-refractivity contribution in [2.24, 2.45) is 11.7 Å². The van der Waals surface area contributed by atoms with E-state index in [1.54, 1.807) is 0 Å². The molecule has 1 aliphatic rings. The molecule has 0 radical (unpaired) electrons. The van der Waals surface area contributed by atoms with E-state index in [1.165, 1.54) is 38.5 Å². The van der Waals surface area contributed by atoms with Gasteiger partial charge in [-0.15, -0.1) is 0 Å². The highest BCUT2D eigenvalue weighted by Gasteiger charge is 2.16. The Hall–Kier alpha value is -0.900. The molecule has 1 unspecified atom stereocenters. The molecule has 2 N–H and O–H groups in total. The van der Waals surface area contributed by atoms with Crippen LogP contribution in [0.2, 0.25) is 0 Å². The van der Waals surface area contributed by atoms with Gasteiger partial charge in [0.1, 0.15) is 0 Å². The molecule has 0 saturated heterocycles. The number of aryl methyl sites for hydroxylation is 1. The first-order valence-electron chi connectivity index (χ1n) is 6.82. The second-order valence-corrected chi connectivity index (χ2v) is 5.23. The second-order valence-electron chi connectivity index (χ2n) is 5.23. The van der Waals surface area contributed by atoms with E-state index in [2.05, 4.69) is 10.1 Å². The molecule has 0 amide bonds. The smallest absolute Gasteiger partial charge is 0.226 e. The molecule has 1 atom stereocenters. The summed E-state index contributed by atoms with van der Waals surface area (Å²) >= 11 is 0. The van der Waals surface area contributed by atoms with Gasteiger partial charge in [-0.1, -0.05) is 44.2 Å². The summed E-state index contributed by atoms with van der Waals surface area (Å²) in [7, 11) is 0. The third-order valence-electron chi connectivity index (χ3n) is 3.77. The zero-order chi connectivity index (χ0) is 12.1. The molecule has 1 aliphatic carbocycles. The number of hydrogen-bond donors (Lipinski definition) is 1. The molecule has 0 bridgehead atoms. The van der Waals surface area contributed by atoms with Crippen molar-refractivity contribution in [3.05, 3.63) is 11.7 Å². The van der Waals surface area contributed by atoms with Crippen molar-refractivity contribution >= 4 is 0 Å². The standard InChI is InChI=1S/C13H23N3O/c1-10(9-14)13-15-12(17-16-13)8-7-11-5-3-2-4-6-11/h10-11H,2-9,14H2,1H3. The van der Waals surface area contributed by atoms with Crippen molar-refractivity contribution in [1.29, 1.82) is 0 Å². The fraction of sp³-hybridized carbons (Fsp3) is 0.846. The third-order valence-corrected chi connectivity index (χ3v) is 3.77. The molecule has 1 fully saturated rings. The lowest BCUT2D eigenvalue weighted by atomic mass is 9.86. The maximum absolute atomic E-state index is 5.58. The summed E-state index contributed by atoms with van der Waals surface area (Å²) in [5, 5.41) is 3.98. The second kappa shape index (κ2) is 6.15. The van der Waals surface area contributed by atoms with Gasteiger partial charge < -0.3 is 10.3 Å². The Labute approximate surface area is 103 Å². The maximum atomic E-state index is 5.58. The van der Waals surface area contributed by atoms with Crippen LogP contribution in [0.15, 0.2) is 4.52 Å². The number of aromatic nitrogens is 2. The van der Waals surface area contributed by atoms with Crippen LogP contribution < -0.4 is 5.73 Å². The molecular weight excluding hydrogens is 214 g/mol. The molecule has 96 valence electrons. The third kappa shape index (κ3) is 3.53. The summed E-state index contributed by atoms with van der Waals surface area (Å²) in [4.78, 5) is 4.41. The fourth-order valence-corrected chi connectivity index (χ4v) is 2.48. The van der Waals surface area contributed by atoms with Crippen LogP contribution in [0.25, 0.3) is 0 Å². The molecule has 1 saturated carbocycles. The summed E-state index contributed by atoms with van der Waals surface area (Å²) in [6, 6.07) is 0. The van der Waals surface area contributed by atoms with Crippen LogP contribution in [0.1, 0.15) is 63.1 Å².